The van der Waals surface area contributed by atoms with E-state index in [4.69, 9.17) is 11.6 Å². The molecule has 3 rings (SSSR count). The lowest BCUT2D eigenvalue weighted by Gasteiger charge is -2.03. The van der Waals surface area contributed by atoms with Crippen LogP contribution in [-0.4, -0.2) is 49.8 Å². The lowest BCUT2D eigenvalue weighted by Crippen LogP contribution is -2.25. The molecule has 0 aliphatic carbocycles. The van der Waals surface area contributed by atoms with Crippen LogP contribution in [0.4, 0.5) is 17.1 Å². The molecule has 4 N–H and O–H groups in total. The minimum absolute atomic E-state index is 0.170. The summed E-state index contributed by atoms with van der Waals surface area (Å²) in [5.74, 6) is -1.05. The number of halogens is 1. The van der Waals surface area contributed by atoms with Gasteiger partial charge in [-0.1, -0.05) is 6.92 Å². The Morgan fingerprint density at radius 1 is 0.722 bits per heavy atom. The molecule has 0 radical (unpaired) electrons. The van der Waals surface area contributed by atoms with E-state index in [9.17, 15) is 19.2 Å². The van der Waals surface area contributed by atoms with Crippen LogP contribution in [-0.2, 0) is 25.9 Å². The molecule has 36 heavy (non-hydrogen) atoms. The summed E-state index contributed by atoms with van der Waals surface area (Å²) in [7, 11) is 5.10. The van der Waals surface area contributed by atoms with Crippen LogP contribution in [0.25, 0.3) is 0 Å². The largest absolute Gasteiger partial charge is 0.351 e. The number of hydrogen-bond donors (Lipinski definition) is 4. The van der Waals surface area contributed by atoms with Crippen LogP contribution in [0.1, 0.15) is 51.2 Å². The van der Waals surface area contributed by atoms with E-state index >= 15 is 0 Å². The van der Waals surface area contributed by atoms with Crippen molar-refractivity contribution in [3.8, 4) is 0 Å². The number of nitrogens with zero attached hydrogens (tertiary/aromatic N) is 3. The number of amides is 4. The highest BCUT2D eigenvalue weighted by Crippen LogP contribution is 2.19. The van der Waals surface area contributed by atoms with Crippen molar-refractivity contribution in [3.05, 3.63) is 53.9 Å². The van der Waals surface area contributed by atoms with Crippen molar-refractivity contribution >= 4 is 52.3 Å². The van der Waals surface area contributed by atoms with Crippen LogP contribution >= 0.6 is 11.6 Å². The molecule has 3 aromatic rings. The molecule has 12 heteroatoms. The molecule has 0 saturated carbocycles. The van der Waals surface area contributed by atoms with E-state index in [0.29, 0.717) is 40.7 Å². The first-order valence-corrected chi connectivity index (χ1v) is 11.9. The van der Waals surface area contributed by atoms with Gasteiger partial charge < -0.3 is 35.0 Å². The molecule has 192 valence electrons. The smallest absolute Gasteiger partial charge is 0.272 e. The van der Waals surface area contributed by atoms with E-state index in [1.807, 2.05) is 6.92 Å². The Morgan fingerprint density at radius 3 is 1.56 bits per heavy atom. The molecule has 0 aliphatic rings. The molecule has 0 fully saturated rings. The summed E-state index contributed by atoms with van der Waals surface area (Å²) in [6, 6.07) is 4.71. The summed E-state index contributed by atoms with van der Waals surface area (Å²) < 4.78 is 4.82. The van der Waals surface area contributed by atoms with Gasteiger partial charge in [-0.15, -0.1) is 11.6 Å². The summed E-state index contributed by atoms with van der Waals surface area (Å²) in [5.41, 5.74) is 2.45. The highest BCUT2D eigenvalue weighted by atomic mass is 35.5. The summed E-state index contributed by atoms with van der Waals surface area (Å²) in [4.78, 5) is 49.7. The number of rotatable bonds is 10. The van der Waals surface area contributed by atoms with Crippen LogP contribution < -0.4 is 21.3 Å². The lowest BCUT2D eigenvalue weighted by atomic mass is 10.3. The maximum absolute atomic E-state index is 12.9. The fourth-order valence-electron chi connectivity index (χ4n) is 3.60. The van der Waals surface area contributed by atoms with Gasteiger partial charge in [0.2, 0.25) is 5.91 Å². The summed E-state index contributed by atoms with van der Waals surface area (Å²) in [6.45, 7) is 2.53. The van der Waals surface area contributed by atoms with Crippen molar-refractivity contribution in [3.63, 3.8) is 0 Å². The number of aromatic nitrogens is 3. The molecule has 4 amide bonds. The Labute approximate surface area is 213 Å². The molecule has 0 spiro atoms. The van der Waals surface area contributed by atoms with Crippen molar-refractivity contribution < 1.29 is 19.2 Å². The van der Waals surface area contributed by atoms with Gasteiger partial charge in [0, 0.05) is 58.6 Å². The van der Waals surface area contributed by atoms with Gasteiger partial charge in [0.25, 0.3) is 17.7 Å². The standard InChI is InChI=1S/C24H30ClN7O4/c1-5-8-26-22(34)18-10-16(13-30(18)2)28-24(36)20-11-17(14-32(20)4)29-23(35)19-9-15(12-31(19)3)27-21(33)6-7-25/h9-14H,5-8H2,1-4H3,(H,26,34)(H,27,33)(H,28,36)(H,29,35). The van der Waals surface area contributed by atoms with Gasteiger partial charge in [0.05, 0.1) is 17.1 Å². The third-order valence-corrected chi connectivity index (χ3v) is 5.56. The Bertz CT molecular complexity index is 1290. The van der Waals surface area contributed by atoms with E-state index in [1.54, 1.807) is 71.6 Å². The molecular weight excluding hydrogens is 486 g/mol. The van der Waals surface area contributed by atoms with E-state index < -0.39 is 11.8 Å². The molecule has 0 aliphatic heterocycles. The average Bonchev–Trinajstić information content (AvgIpc) is 3.48. The first kappa shape index (κ1) is 26.6. The number of carbonyl (C=O) groups excluding carboxylic acids is 4. The number of carbonyl (C=O) groups is 4. The molecule has 3 heterocycles. The highest BCUT2D eigenvalue weighted by Gasteiger charge is 2.18. The first-order chi connectivity index (χ1) is 17.1. The minimum atomic E-state index is -0.404. The normalized spacial score (nSPS) is 10.7. The summed E-state index contributed by atoms with van der Waals surface area (Å²) >= 11 is 5.58. The van der Waals surface area contributed by atoms with Gasteiger partial charge in [0.1, 0.15) is 17.1 Å². The molecule has 3 aromatic heterocycles. The van der Waals surface area contributed by atoms with E-state index in [2.05, 4.69) is 21.3 Å². The molecule has 11 nitrogen and oxygen atoms in total. The average molecular weight is 516 g/mol. The number of alkyl halides is 1. The summed E-state index contributed by atoms with van der Waals surface area (Å²) in [6.07, 6.45) is 5.89. The first-order valence-electron chi connectivity index (χ1n) is 11.4. The monoisotopic (exact) mass is 515 g/mol. The van der Waals surface area contributed by atoms with Gasteiger partial charge >= 0.3 is 0 Å². The zero-order valence-electron chi connectivity index (χ0n) is 20.6. The summed E-state index contributed by atoms with van der Waals surface area (Å²) in [5, 5.41) is 11.0. The van der Waals surface area contributed by atoms with Gasteiger partial charge in [-0.3, -0.25) is 19.2 Å². The number of hydrogen-bond acceptors (Lipinski definition) is 4. The van der Waals surface area contributed by atoms with Crippen molar-refractivity contribution in [2.45, 2.75) is 19.8 Å². The Kier molecular flexibility index (Phi) is 8.59. The van der Waals surface area contributed by atoms with Crippen molar-refractivity contribution in [1.82, 2.24) is 19.0 Å². The molecular formula is C24H30ClN7O4. The molecule has 0 bridgehead atoms. The van der Waals surface area contributed by atoms with Gasteiger partial charge in [-0.05, 0) is 24.6 Å². The van der Waals surface area contributed by atoms with Crippen LogP contribution in [0.5, 0.6) is 0 Å². The fourth-order valence-corrected chi connectivity index (χ4v) is 3.78. The Hall–Kier alpha value is -3.99. The van der Waals surface area contributed by atoms with Gasteiger partial charge in [-0.25, -0.2) is 0 Å². The molecule has 0 atom stereocenters. The number of aryl methyl sites for hydroxylation is 3. The Morgan fingerprint density at radius 2 is 1.14 bits per heavy atom. The molecule has 0 aromatic carbocycles. The zero-order chi connectivity index (χ0) is 26.4. The maximum Gasteiger partial charge on any atom is 0.272 e. The molecule has 0 unspecified atom stereocenters. The van der Waals surface area contributed by atoms with Crippen LogP contribution in [0.15, 0.2) is 36.8 Å². The second-order valence-corrected chi connectivity index (χ2v) is 8.70. The van der Waals surface area contributed by atoms with E-state index in [-0.39, 0.29) is 24.1 Å². The zero-order valence-corrected chi connectivity index (χ0v) is 21.4. The van der Waals surface area contributed by atoms with E-state index in [0.717, 1.165) is 6.42 Å². The van der Waals surface area contributed by atoms with Crippen LogP contribution in [0.3, 0.4) is 0 Å². The fraction of sp³-hybridized carbons (Fsp3) is 0.333. The maximum atomic E-state index is 12.9. The minimum Gasteiger partial charge on any atom is -0.351 e. The SMILES string of the molecule is CCCNC(=O)c1cc(NC(=O)c2cc(NC(=O)c3cc(NC(=O)CCCl)cn3C)cn2C)cn1C. The number of nitrogens with one attached hydrogen (secondary N) is 4. The second kappa shape index (κ2) is 11.6. The van der Waals surface area contributed by atoms with Crippen molar-refractivity contribution in [2.24, 2.45) is 21.1 Å². The topological polar surface area (TPSA) is 131 Å². The number of anilines is 3. The van der Waals surface area contributed by atoms with Crippen LogP contribution in [0, 0.1) is 0 Å². The quantitative estimate of drug-likeness (QED) is 0.309. The van der Waals surface area contributed by atoms with Crippen LogP contribution in [0.2, 0.25) is 0 Å². The Balaban J connectivity index is 1.67. The second-order valence-electron chi connectivity index (χ2n) is 8.33. The van der Waals surface area contributed by atoms with Gasteiger partial charge in [-0.2, -0.15) is 0 Å². The van der Waals surface area contributed by atoms with Crippen molar-refractivity contribution in [1.29, 1.82) is 0 Å². The molecule has 0 saturated heterocycles. The predicted molar refractivity (Wildman–Crippen MR) is 139 cm³/mol. The van der Waals surface area contributed by atoms with Crippen molar-refractivity contribution in [2.75, 3.05) is 28.4 Å². The predicted octanol–water partition coefficient (Wildman–Crippen LogP) is 2.91. The third-order valence-electron chi connectivity index (χ3n) is 5.37. The van der Waals surface area contributed by atoms with Gasteiger partial charge in [0.15, 0.2) is 0 Å². The van der Waals surface area contributed by atoms with E-state index in [1.165, 1.54) is 0 Å². The highest BCUT2D eigenvalue weighted by molar-refractivity contribution is 6.19. The third kappa shape index (κ3) is 6.36. The lowest BCUT2D eigenvalue weighted by molar-refractivity contribution is -0.115.